The van der Waals surface area contributed by atoms with E-state index < -0.39 is 0 Å². The van der Waals surface area contributed by atoms with E-state index in [1.165, 1.54) is 86.5 Å². The van der Waals surface area contributed by atoms with Crippen LogP contribution in [0.15, 0.2) is 163 Å². The van der Waals surface area contributed by atoms with E-state index in [4.69, 9.17) is 0 Å². The molecule has 250 valence electrons. The fourth-order valence-electron chi connectivity index (χ4n) is 9.05. The van der Waals surface area contributed by atoms with Gasteiger partial charge in [-0.25, -0.2) is 0 Å². The molecule has 5 aliphatic carbocycles. The first-order chi connectivity index (χ1) is 25.3. The summed E-state index contributed by atoms with van der Waals surface area (Å²) in [5.74, 6) is 3.64. The first kappa shape index (κ1) is 30.5. The minimum atomic E-state index is 0.600. The van der Waals surface area contributed by atoms with Crippen LogP contribution < -0.4 is 20.2 Å². The third kappa shape index (κ3) is 5.87. The van der Waals surface area contributed by atoms with Gasteiger partial charge < -0.3 is 9.80 Å². The molecule has 51 heavy (non-hydrogen) atoms. The van der Waals surface area contributed by atoms with E-state index >= 15 is 0 Å². The lowest BCUT2D eigenvalue weighted by molar-refractivity contribution is 0.468. The molecule has 0 heterocycles. The minimum absolute atomic E-state index is 0.600. The van der Waals surface area contributed by atoms with E-state index in [0.717, 1.165) is 24.8 Å². The van der Waals surface area contributed by atoms with Crippen LogP contribution in [0.2, 0.25) is 0 Å². The highest BCUT2D eigenvalue weighted by Gasteiger charge is 2.42. The smallest absolute Gasteiger partial charge is 0.0490 e. The van der Waals surface area contributed by atoms with Gasteiger partial charge in [0.05, 0.1) is 0 Å². The molecule has 2 saturated carbocycles. The van der Waals surface area contributed by atoms with Gasteiger partial charge in [0, 0.05) is 57.9 Å². The van der Waals surface area contributed by atoms with E-state index in [-0.39, 0.29) is 0 Å². The van der Waals surface area contributed by atoms with Crippen LogP contribution in [0.25, 0.3) is 33.7 Å². The van der Waals surface area contributed by atoms with Crippen molar-refractivity contribution in [2.75, 3.05) is 16.3 Å². The van der Waals surface area contributed by atoms with Gasteiger partial charge in [0.1, 0.15) is 0 Å². The Morgan fingerprint density at radius 1 is 0.608 bits per heavy atom. The Labute approximate surface area is 301 Å². The van der Waals surface area contributed by atoms with Gasteiger partial charge in [-0.15, -0.1) is 0 Å². The van der Waals surface area contributed by atoms with Gasteiger partial charge in [0.15, 0.2) is 0 Å². The molecule has 0 radical (unpaired) electrons. The monoisotopic (exact) mass is 660 g/mol. The van der Waals surface area contributed by atoms with E-state index in [0.29, 0.717) is 17.8 Å². The maximum atomic E-state index is 2.60. The van der Waals surface area contributed by atoms with Crippen molar-refractivity contribution in [3.05, 3.63) is 174 Å². The number of rotatable bonds is 8. The summed E-state index contributed by atoms with van der Waals surface area (Å²) in [4.78, 5) is 5.16. The molecule has 5 aliphatic rings. The number of hydrogen-bond acceptors (Lipinski definition) is 2. The largest absolute Gasteiger partial charge is 0.341 e. The Hall–Kier alpha value is -5.34. The van der Waals surface area contributed by atoms with Crippen molar-refractivity contribution in [1.29, 1.82) is 0 Å². The third-order valence-corrected chi connectivity index (χ3v) is 12.0. The second-order valence-corrected chi connectivity index (χ2v) is 15.3. The van der Waals surface area contributed by atoms with Gasteiger partial charge in [-0.3, -0.25) is 0 Å². The van der Waals surface area contributed by atoms with Crippen molar-refractivity contribution in [1.82, 2.24) is 0 Å². The Morgan fingerprint density at radius 2 is 1.39 bits per heavy atom. The zero-order chi connectivity index (χ0) is 33.7. The van der Waals surface area contributed by atoms with E-state index in [9.17, 15) is 0 Å². The quantitative estimate of drug-likeness (QED) is 0.153. The molecule has 0 N–H and O–H groups in total. The summed E-state index contributed by atoms with van der Waals surface area (Å²) in [5.41, 5.74) is 9.09. The van der Waals surface area contributed by atoms with Gasteiger partial charge in [0.2, 0.25) is 0 Å². The highest BCUT2D eigenvalue weighted by Crippen LogP contribution is 2.51. The van der Waals surface area contributed by atoms with Crippen LogP contribution in [0, 0.1) is 29.6 Å². The van der Waals surface area contributed by atoms with Gasteiger partial charge in [-0.2, -0.15) is 0 Å². The van der Waals surface area contributed by atoms with Crippen LogP contribution in [0.5, 0.6) is 0 Å². The average molecular weight is 661 g/mol. The molecule has 0 spiro atoms. The summed E-state index contributed by atoms with van der Waals surface area (Å²) in [5, 5.41) is 5.22. The van der Waals surface area contributed by atoms with Crippen molar-refractivity contribution in [2.24, 2.45) is 29.6 Å². The molecule has 0 aromatic heterocycles. The normalized spacial score (nSPS) is 24.0. The molecule has 2 heteroatoms. The Bertz CT molecular complexity index is 2350. The van der Waals surface area contributed by atoms with E-state index in [2.05, 4.69) is 174 Å². The Kier molecular flexibility index (Phi) is 7.63. The number of anilines is 3. The van der Waals surface area contributed by atoms with E-state index in [1.807, 2.05) is 0 Å². The molecule has 0 saturated heterocycles. The summed E-state index contributed by atoms with van der Waals surface area (Å²) in [6, 6.07) is 43.1. The molecule has 5 aromatic rings. The molecule has 0 amide bonds. The number of allylic oxidation sites excluding steroid dienone is 7. The lowest BCUT2D eigenvalue weighted by Gasteiger charge is -2.31. The Balaban J connectivity index is 0.987. The van der Waals surface area contributed by atoms with Crippen molar-refractivity contribution in [3.8, 4) is 11.1 Å². The lowest BCUT2D eigenvalue weighted by atomic mass is 9.97. The molecule has 2 fully saturated rings. The number of hydrogen-bond donors (Lipinski definition) is 0. The number of nitrogens with zero attached hydrogens (tertiary/aromatic N) is 2. The topological polar surface area (TPSA) is 6.48 Å². The molecule has 2 nitrogen and oxygen atoms in total. The summed E-state index contributed by atoms with van der Waals surface area (Å²) in [6.07, 6.45) is 24.8. The second-order valence-electron chi connectivity index (χ2n) is 15.3. The van der Waals surface area contributed by atoms with Crippen LogP contribution >= 0.6 is 0 Å². The van der Waals surface area contributed by atoms with Crippen LogP contribution in [-0.2, 0) is 0 Å². The third-order valence-electron chi connectivity index (χ3n) is 12.0. The second kappa shape index (κ2) is 12.8. The summed E-state index contributed by atoms with van der Waals surface area (Å²) in [6.45, 7) is 1.03. The van der Waals surface area contributed by atoms with Crippen molar-refractivity contribution >= 4 is 39.6 Å². The zero-order valence-electron chi connectivity index (χ0n) is 29.1. The predicted octanol–water partition coefficient (Wildman–Crippen LogP) is 10.7. The highest BCUT2D eigenvalue weighted by molar-refractivity contribution is 5.96. The fraction of sp³-hybridized carbons (Fsp3) is 0.224. The predicted molar refractivity (Wildman–Crippen MR) is 215 cm³/mol. The standard InChI is InChI=1S/C49H44N2/c1-4-17-44-38(12-1)14-8-20-47(44)50(33-34-10-7-15-39-31-41(39)30-34)42-26-22-35(23-27-42)36-24-28-43(29-25-36)51(49-21-9-16-40-32-46(40)49)48-19-6-3-13-37-11-2-5-18-45(37)48/h1-9,11-18,20-29,34,39-41,46H,10,19,30-33H2. The van der Waals surface area contributed by atoms with Crippen molar-refractivity contribution < 1.29 is 0 Å². The van der Waals surface area contributed by atoms with Crippen molar-refractivity contribution in [3.63, 3.8) is 0 Å². The molecule has 5 aromatic carbocycles. The fourth-order valence-corrected chi connectivity index (χ4v) is 9.05. The summed E-state index contributed by atoms with van der Waals surface area (Å²) >= 11 is 0. The molecule has 0 aliphatic heterocycles. The Morgan fingerprint density at radius 3 is 2.27 bits per heavy atom. The maximum Gasteiger partial charge on any atom is 0.0490 e. The SMILES string of the molecule is C1=CCC(N(C2=CC=CC3CC23)c2ccc(-c3ccc(N(CC4CC=CC5CC5C4)c4cccc5ccccc45)cc3)cc2)=c2ccccc2=C1. The van der Waals surface area contributed by atoms with Crippen LogP contribution in [-0.4, -0.2) is 6.54 Å². The zero-order valence-corrected chi connectivity index (χ0v) is 29.1. The molecule has 5 atom stereocenters. The maximum absolute atomic E-state index is 2.60. The first-order valence-electron chi connectivity index (χ1n) is 19.0. The molecular weight excluding hydrogens is 617 g/mol. The highest BCUT2D eigenvalue weighted by atomic mass is 15.2. The van der Waals surface area contributed by atoms with Crippen LogP contribution in [0.3, 0.4) is 0 Å². The van der Waals surface area contributed by atoms with Gasteiger partial charge in [-0.1, -0.05) is 127 Å². The summed E-state index contributed by atoms with van der Waals surface area (Å²) < 4.78 is 0. The van der Waals surface area contributed by atoms with Crippen molar-refractivity contribution in [2.45, 2.75) is 32.1 Å². The van der Waals surface area contributed by atoms with Crippen LogP contribution in [0.1, 0.15) is 32.1 Å². The van der Waals surface area contributed by atoms with E-state index in [1.54, 1.807) is 0 Å². The molecule has 10 rings (SSSR count). The minimum Gasteiger partial charge on any atom is -0.341 e. The molecule has 0 bridgehead atoms. The lowest BCUT2D eigenvalue weighted by Crippen LogP contribution is -2.34. The van der Waals surface area contributed by atoms with Gasteiger partial charge in [0.25, 0.3) is 0 Å². The summed E-state index contributed by atoms with van der Waals surface area (Å²) in [7, 11) is 0. The molecule has 5 unspecified atom stereocenters. The molecular formula is C49H44N2. The number of benzene rings is 5. The number of fused-ring (bicyclic) bond motifs is 4. The average Bonchev–Trinajstić information content (AvgIpc) is 4.10. The van der Waals surface area contributed by atoms with Gasteiger partial charge >= 0.3 is 0 Å². The van der Waals surface area contributed by atoms with Crippen LogP contribution in [0.4, 0.5) is 17.1 Å². The van der Waals surface area contributed by atoms with Gasteiger partial charge in [-0.05, 0) is 107 Å². The first-order valence-corrected chi connectivity index (χ1v) is 19.0.